The average molecular weight is 219 g/mol. The van der Waals surface area contributed by atoms with E-state index in [1.54, 1.807) is 11.5 Å². The van der Waals surface area contributed by atoms with Crippen LogP contribution in [0.25, 0.3) is 0 Å². The number of aromatic nitrogens is 3. The lowest BCUT2D eigenvalue weighted by atomic mass is 10.2. The number of hydrogen-bond acceptors (Lipinski definition) is 2. The summed E-state index contributed by atoms with van der Waals surface area (Å²) in [6.45, 7) is 6.38. The smallest absolute Gasteiger partial charge is 0.275 e. The van der Waals surface area contributed by atoms with Crippen molar-refractivity contribution in [2.75, 3.05) is 0 Å². The molecule has 1 aromatic heterocycles. The number of aryl methyl sites for hydroxylation is 1. The van der Waals surface area contributed by atoms with Gasteiger partial charge in [0.2, 0.25) is 0 Å². The van der Waals surface area contributed by atoms with Gasteiger partial charge in [0.25, 0.3) is 0 Å². The number of benzene rings is 1. The molecule has 2 rings (SSSR count). The Morgan fingerprint density at radius 3 is 2.38 bits per heavy atom. The summed E-state index contributed by atoms with van der Waals surface area (Å²) in [5.41, 5.74) is 0.936. The van der Waals surface area contributed by atoms with Crippen molar-refractivity contribution in [3.05, 3.63) is 52.2 Å². The summed E-state index contributed by atoms with van der Waals surface area (Å²) < 4.78 is 1.61. The van der Waals surface area contributed by atoms with E-state index in [0.717, 1.165) is 5.56 Å². The van der Waals surface area contributed by atoms with Crippen molar-refractivity contribution in [1.29, 1.82) is 0 Å². The first kappa shape index (κ1) is 12.2. The van der Waals surface area contributed by atoms with E-state index in [1.807, 2.05) is 44.2 Å². The summed E-state index contributed by atoms with van der Waals surface area (Å²) in [5.74, 6) is 0.707. The Hall–Kier alpha value is -1.84. The quantitative estimate of drug-likeness (QED) is 0.839. The van der Waals surface area contributed by atoms with Crippen LogP contribution in [0.2, 0.25) is 0 Å². The molecule has 4 nitrogen and oxygen atoms in total. The fraction of sp³-hybridized carbons (Fsp3) is 0.333. The summed E-state index contributed by atoms with van der Waals surface area (Å²) in [4.78, 5) is 11.3. The highest BCUT2D eigenvalue weighted by Gasteiger charge is 2.02. The van der Waals surface area contributed by atoms with E-state index < -0.39 is 0 Å². The van der Waals surface area contributed by atoms with Crippen LogP contribution in [0.15, 0.2) is 35.1 Å². The van der Waals surface area contributed by atoms with Crippen LogP contribution in [0.3, 0.4) is 0 Å². The molecule has 16 heavy (non-hydrogen) atoms. The molecule has 0 unspecified atom stereocenters. The Bertz CT molecular complexity index is 471. The zero-order chi connectivity index (χ0) is 12.0. The molecule has 1 aromatic carbocycles. The van der Waals surface area contributed by atoms with Crippen molar-refractivity contribution >= 4 is 0 Å². The zero-order valence-corrected chi connectivity index (χ0v) is 9.90. The number of nitrogens with zero attached hydrogens (tertiary/aromatic N) is 2. The molecule has 0 aliphatic carbocycles. The highest BCUT2D eigenvalue weighted by molar-refractivity contribution is 5.15. The minimum Gasteiger partial charge on any atom is -0.275 e. The first-order valence-electron chi connectivity index (χ1n) is 5.43. The first-order valence-corrected chi connectivity index (χ1v) is 5.43. The predicted octanol–water partition coefficient (Wildman–Crippen LogP) is 1.95. The highest BCUT2D eigenvalue weighted by Crippen LogP contribution is 2.01. The molecule has 1 N–H and O–H groups in total. The summed E-state index contributed by atoms with van der Waals surface area (Å²) in [7, 11) is 0. The standard InChI is InChI=1S/C10H11N3O.C2H6/c1-8-11-12-10(14)13(8)7-9-5-3-2-4-6-9;1-2/h2-6H,7H2,1H3,(H,12,14);1-2H3. The van der Waals surface area contributed by atoms with Gasteiger partial charge in [0.05, 0.1) is 6.54 Å². The number of H-pyrrole nitrogens is 1. The van der Waals surface area contributed by atoms with Gasteiger partial charge < -0.3 is 0 Å². The summed E-state index contributed by atoms with van der Waals surface area (Å²) in [6.07, 6.45) is 0. The second kappa shape index (κ2) is 5.90. The van der Waals surface area contributed by atoms with Crippen molar-refractivity contribution in [2.24, 2.45) is 0 Å². The van der Waals surface area contributed by atoms with Gasteiger partial charge in [0.1, 0.15) is 5.82 Å². The third kappa shape index (κ3) is 2.82. The Kier molecular flexibility index (Phi) is 4.51. The number of rotatable bonds is 2. The molecule has 0 saturated carbocycles. The van der Waals surface area contributed by atoms with Gasteiger partial charge in [0, 0.05) is 0 Å². The second-order valence-electron chi connectivity index (χ2n) is 3.15. The lowest BCUT2D eigenvalue weighted by Crippen LogP contribution is -2.18. The molecule has 0 aliphatic heterocycles. The van der Waals surface area contributed by atoms with Crippen molar-refractivity contribution < 1.29 is 0 Å². The Labute approximate surface area is 94.9 Å². The fourth-order valence-corrected chi connectivity index (χ4v) is 1.35. The van der Waals surface area contributed by atoms with Crippen LogP contribution in [-0.2, 0) is 6.54 Å². The minimum atomic E-state index is -0.161. The maximum Gasteiger partial charge on any atom is 0.343 e. The van der Waals surface area contributed by atoms with E-state index in [-0.39, 0.29) is 5.69 Å². The average Bonchev–Trinajstić information content (AvgIpc) is 2.65. The molecule has 4 heteroatoms. The maximum atomic E-state index is 11.3. The lowest BCUT2D eigenvalue weighted by Gasteiger charge is -2.01. The van der Waals surface area contributed by atoms with Gasteiger partial charge in [0.15, 0.2) is 0 Å². The molecule has 0 radical (unpaired) electrons. The van der Waals surface area contributed by atoms with Crippen LogP contribution in [0.4, 0.5) is 0 Å². The van der Waals surface area contributed by atoms with E-state index in [4.69, 9.17) is 0 Å². The number of nitrogens with one attached hydrogen (secondary N) is 1. The van der Waals surface area contributed by atoms with E-state index in [0.29, 0.717) is 12.4 Å². The van der Waals surface area contributed by atoms with Gasteiger partial charge in [-0.2, -0.15) is 5.10 Å². The summed E-state index contributed by atoms with van der Waals surface area (Å²) >= 11 is 0. The van der Waals surface area contributed by atoms with Gasteiger partial charge in [-0.05, 0) is 12.5 Å². The molecule has 0 saturated heterocycles. The van der Waals surface area contributed by atoms with Crippen molar-refractivity contribution in [3.63, 3.8) is 0 Å². The Morgan fingerprint density at radius 2 is 1.88 bits per heavy atom. The van der Waals surface area contributed by atoms with Crippen LogP contribution < -0.4 is 5.69 Å². The molecule has 86 valence electrons. The van der Waals surface area contributed by atoms with E-state index in [2.05, 4.69) is 10.2 Å². The van der Waals surface area contributed by atoms with Crippen LogP contribution in [0.5, 0.6) is 0 Å². The van der Waals surface area contributed by atoms with Crippen molar-refractivity contribution in [3.8, 4) is 0 Å². The van der Waals surface area contributed by atoms with Crippen molar-refractivity contribution in [1.82, 2.24) is 14.8 Å². The van der Waals surface area contributed by atoms with E-state index in [1.165, 1.54) is 0 Å². The zero-order valence-electron chi connectivity index (χ0n) is 9.90. The molecule has 0 spiro atoms. The van der Waals surface area contributed by atoms with Crippen LogP contribution in [-0.4, -0.2) is 14.8 Å². The predicted molar refractivity (Wildman–Crippen MR) is 64.5 cm³/mol. The minimum absolute atomic E-state index is 0.161. The fourth-order valence-electron chi connectivity index (χ4n) is 1.35. The summed E-state index contributed by atoms with van der Waals surface area (Å²) in [6, 6.07) is 9.83. The van der Waals surface area contributed by atoms with E-state index >= 15 is 0 Å². The van der Waals surface area contributed by atoms with Crippen LogP contribution in [0.1, 0.15) is 25.2 Å². The first-order chi connectivity index (χ1) is 7.77. The highest BCUT2D eigenvalue weighted by atomic mass is 16.1. The van der Waals surface area contributed by atoms with Gasteiger partial charge in [-0.25, -0.2) is 9.89 Å². The molecule has 0 amide bonds. The largest absolute Gasteiger partial charge is 0.343 e. The Balaban J connectivity index is 0.000000606. The normalized spacial score (nSPS) is 9.44. The lowest BCUT2D eigenvalue weighted by molar-refractivity contribution is 0.734. The molecule has 0 fully saturated rings. The van der Waals surface area contributed by atoms with Gasteiger partial charge in [-0.3, -0.25) is 4.57 Å². The van der Waals surface area contributed by atoms with Crippen LogP contribution in [0, 0.1) is 6.92 Å². The Morgan fingerprint density at radius 1 is 1.25 bits per heavy atom. The second-order valence-corrected chi connectivity index (χ2v) is 3.15. The van der Waals surface area contributed by atoms with E-state index in [9.17, 15) is 4.79 Å². The number of hydrogen-bond donors (Lipinski definition) is 1. The SMILES string of the molecule is CC.Cc1n[nH]c(=O)n1Cc1ccccc1. The van der Waals surface area contributed by atoms with Crippen molar-refractivity contribution in [2.45, 2.75) is 27.3 Å². The maximum absolute atomic E-state index is 11.3. The van der Waals surface area contributed by atoms with Crippen LogP contribution >= 0.6 is 0 Å². The third-order valence-electron chi connectivity index (χ3n) is 2.13. The van der Waals surface area contributed by atoms with Gasteiger partial charge >= 0.3 is 5.69 Å². The molecule has 1 heterocycles. The molecular formula is C12H17N3O. The van der Waals surface area contributed by atoms with Gasteiger partial charge in [-0.15, -0.1) is 0 Å². The summed E-state index contributed by atoms with van der Waals surface area (Å²) in [5, 5.41) is 6.25. The number of aromatic amines is 1. The molecule has 0 bridgehead atoms. The van der Waals surface area contributed by atoms with Gasteiger partial charge in [-0.1, -0.05) is 44.2 Å². The molecular weight excluding hydrogens is 202 g/mol. The molecule has 0 aliphatic rings. The topological polar surface area (TPSA) is 50.7 Å². The molecule has 0 atom stereocenters. The monoisotopic (exact) mass is 219 g/mol. The third-order valence-corrected chi connectivity index (χ3v) is 2.13. The molecule has 2 aromatic rings.